The van der Waals surface area contributed by atoms with E-state index in [1.54, 1.807) is 5.57 Å². The lowest BCUT2D eigenvalue weighted by atomic mass is 9.35. The highest BCUT2D eigenvalue weighted by Crippen LogP contribution is 2.74. The number of nitriles is 1. The molecule has 5 rings (SSSR count). The van der Waals surface area contributed by atoms with Crippen LogP contribution in [-0.4, -0.2) is 37.1 Å². The highest BCUT2D eigenvalue weighted by atomic mass is 15.2. The minimum Gasteiger partial charge on any atom is -0.401 e. The van der Waals surface area contributed by atoms with Gasteiger partial charge in [-0.2, -0.15) is 5.26 Å². The Labute approximate surface area is 265 Å². The number of rotatable bonds is 6. The summed E-state index contributed by atoms with van der Waals surface area (Å²) >= 11 is 0. The Morgan fingerprint density at radius 2 is 1.72 bits per heavy atom. The summed E-state index contributed by atoms with van der Waals surface area (Å²) in [5.74, 6) is 1.47. The molecule has 4 nitrogen and oxygen atoms in total. The molecule has 7 atom stereocenters. The average Bonchev–Trinajstić information content (AvgIpc) is 2.94. The Bertz CT molecular complexity index is 1210. The molecule has 0 radical (unpaired) electrons. The summed E-state index contributed by atoms with van der Waals surface area (Å²) in [5, 5.41) is 13.6. The molecule has 0 aromatic rings. The maximum Gasteiger partial charge on any atom is 0.0965 e. The smallest absolute Gasteiger partial charge is 0.0965 e. The Morgan fingerprint density at radius 1 is 1.05 bits per heavy atom. The fourth-order valence-electron chi connectivity index (χ4n) is 12.0. The lowest BCUT2D eigenvalue weighted by Crippen LogP contribution is -2.70. The lowest BCUT2D eigenvalue weighted by Gasteiger charge is -2.72. The average molecular weight is 589 g/mol. The summed E-state index contributed by atoms with van der Waals surface area (Å²) in [6, 6.07) is 2.53. The third-order valence-corrected chi connectivity index (χ3v) is 13.7. The molecule has 5 aliphatic carbocycles. The number of nitrogens with zero attached hydrogens (tertiary/aromatic N) is 2. The van der Waals surface area contributed by atoms with Crippen LogP contribution in [-0.2, 0) is 0 Å². The topological polar surface area (TPSA) is 65.1 Å². The second-order valence-electron chi connectivity index (χ2n) is 16.7. The molecule has 240 valence electrons. The summed E-state index contributed by atoms with van der Waals surface area (Å²) < 4.78 is 0. The van der Waals surface area contributed by atoms with E-state index in [1.807, 2.05) is 13.8 Å². The van der Waals surface area contributed by atoms with Crippen molar-refractivity contribution in [2.75, 3.05) is 26.7 Å². The molecule has 0 saturated heterocycles. The van der Waals surface area contributed by atoms with Crippen molar-refractivity contribution in [1.29, 1.82) is 5.26 Å². The molecule has 0 amide bonds. The van der Waals surface area contributed by atoms with Crippen LogP contribution in [0.2, 0.25) is 0 Å². The van der Waals surface area contributed by atoms with E-state index in [4.69, 9.17) is 12.3 Å². The largest absolute Gasteiger partial charge is 0.401 e. The molecule has 0 heterocycles. The standard InChI is InChI=1S/C37H58N4.C2H6/c1-11-19-41(20-18-40-10)37-15-12-27-30(36(37,9)24-32(3,4)16-17-37)25(2)21-29-34(27,7)14-13-28-33(5,6)31(39)26(23-38)22-35(28,29)8;1-2/h11,21,27-28,30,40H,1-2,12-20,22,24,39H2,3-10H3;1-2H3. The first-order chi connectivity index (χ1) is 20.1. The highest BCUT2D eigenvalue weighted by molar-refractivity contribution is 5.47. The van der Waals surface area contributed by atoms with E-state index < -0.39 is 0 Å². The van der Waals surface area contributed by atoms with Crippen molar-refractivity contribution in [1.82, 2.24) is 10.2 Å². The Kier molecular flexibility index (Phi) is 9.12. The van der Waals surface area contributed by atoms with E-state index in [1.165, 1.54) is 50.5 Å². The first-order valence-corrected chi connectivity index (χ1v) is 17.4. The first kappa shape index (κ1) is 34.1. The molecule has 3 N–H and O–H groups in total. The molecule has 0 bridgehead atoms. The van der Waals surface area contributed by atoms with Crippen molar-refractivity contribution < 1.29 is 0 Å². The molecule has 0 aromatic heterocycles. The summed E-state index contributed by atoms with van der Waals surface area (Å²) in [5.41, 5.74) is 11.7. The third kappa shape index (κ3) is 4.82. The van der Waals surface area contributed by atoms with Crippen LogP contribution in [0.3, 0.4) is 0 Å². The zero-order valence-corrected chi connectivity index (χ0v) is 29.6. The van der Waals surface area contributed by atoms with Gasteiger partial charge in [0, 0.05) is 41.9 Å². The lowest BCUT2D eigenvalue weighted by molar-refractivity contribution is -0.172. The number of hydrogen-bond donors (Lipinski definition) is 2. The molecule has 43 heavy (non-hydrogen) atoms. The quantitative estimate of drug-likeness (QED) is 0.304. The molecular weight excluding hydrogens is 524 g/mol. The highest BCUT2D eigenvalue weighted by Gasteiger charge is 2.68. The summed E-state index contributed by atoms with van der Waals surface area (Å²) in [7, 11) is 2.07. The predicted molar refractivity (Wildman–Crippen MR) is 183 cm³/mol. The van der Waals surface area contributed by atoms with Crippen LogP contribution >= 0.6 is 0 Å². The monoisotopic (exact) mass is 589 g/mol. The van der Waals surface area contributed by atoms with Gasteiger partial charge in [0.05, 0.1) is 6.07 Å². The van der Waals surface area contributed by atoms with Crippen LogP contribution in [0.5, 0.6) is 0 Å². The number of nitrogens with one attached hydrogen (secondary N) is 1. The van der Waals surface area contributed by atoms with E-state index in [9.17, 15) is 5.26 Å². The van der Waals surface area contributed by atoms with Crippen molar-refractivity contribution in [3.05, 3.63) is 47.7 Å². The zero-order chi connectivity index (χ0) is 32.2. The van der Waals surface area contributed by atoms with Gasteiger partial charge < -0.3 is 11.1 Å². The Balaban J connectivity index is 0.00000207. The fourth-order valence-corrected chi connectivity index (χ4v) is 12.0. The molecule has 0 aliphatic heterocycles. The van der Waals surface area contributed by atoms with E-state index in [0.29, 0.717) is 23.2 Å². The Morgan fingerprint density at radius 3 is 2.33 bits per heavy atom. The van der Waals surface area contributed by atoms with Crippen LogP contribution in [0.4, 0.5) is 0 Å². The minimum absolute atomic E-state index is 0.0682. The van der Waals surface area contributed by atoms with Crippen LogP contribution in [0, 0.1) is 56.2 Å². The summed E-state index contributed by atoms with van der Waals surface area (Å²) in [6.07, 6.45) is 14.1. The number of nitrogens with two attached hydrogens (primary N) is 1. The minimum atomic E-state index is -0.183. The maximum absolute atomic E-state index is 10.2. The van der Waals surface area contributed by atoms with Gasteiger partial charge >= 0.3 is 0 Å². The second kappa shape index (κ2) is 11.5. The van der Waals surface area contributed by atoms with E-state index >= 15 is 0 Å². The normalized spacial score (nSPS) is 40.9. The van der Waals surface area contributed by atoms with Crippen molar-refractivity contribution in [2.24, 2.45) is 50.6 Å². The SMILES string of the molecule is C=CCN(CCNC)C12CCC3C(C(=C)C=C4C3(C)CCC3C(C)(C)C(N)=C(C#N)CC43C)C1(C)CC(C)(C)CC2.CC. The van der Waals surface area contributed by atoms with Crippen molar-refractivity contribution >= 4 is 0 Å². The number of hydrogen-bond acceptors (Lipinski definition) is 4. The van der Waals surface area contributed by atoms with Crippen LogP contribution in [0.15, 0.2) is 47.7 Å². The molecule has 4 heteroatoms. The van der Waals surface area contributed by atoms with Crippen molar-refractivity contribution in [3.63, 3.8) is 0 Å². The van der Waals surface area contributed by atoms with E-state index in [-0.39, 0.29) is 27.2 Å². The fraction of sp³-hybridized carbons (Fsp3) is 0.769. The second-order valence-corrected chi connectivity index (χ2v) is 16.7. The number of allylic oxidation sites excluding steroid dienone is 5. The number of likely N-dealkylation sites (N-methyl/N-ethyl adjacent to an activating group) is 1. The van der Waals surface area contributed by atoms with Crippen molar-refractivity contribution in [2.45, 2.75) is 119 Å². The van der Waals surface area contributed by atoms with Gasteiger partial charge in [0.2, 0.25) is 0 Å². The molecule has 7 unspecified atom stereocenters. The van der Waals surface area contributed by atoms with Gasteiger partial charge in [-0.1, -0.05) is 92.2 Å². The molecule has 5 aliphatic rings. The van der Waals surface area contributed by atoms with E-state index in [0.717, 1.165) is 37.3 Å². The van der Waals surface area contributed by atoms with Crippen LogP contribution < -0.4 is 11.1 Å². The van der Waals surface area contributed by atoms with Gasteiger partial charge in [-0.15, -0.1) is 6.58 Å². The van der Waals surface area contributed by atoms with Gasteiger partial charge in [-0.3, -0.25) is 4.90 Å². The van der Waals surface area contributed by atoms with Gasteiger partial charge in [-0.25, -0.2) is 0 Å². The molecular formula is C39H64N4. The van der Waals surface area contributed by atoms with Gasteiger partial charge in [0.15, 0.2) is 0 Å². The van der Waals surface area contributed by atoms with E-state index in [2.05, 4.69) is 90.5 Å². The van der Waals surface area contributed by atoms with Crippen LogP contribution in [0.1, 0.15) is 114 Å². The summed E-state index contributed by atoms with van der Waals surface area (Å²) in [4.78, 5) is 2.81. The predicted octanol–water partition coefficient (Wildman–Crippen LogP) is 8.79. The maximum atomic E-state index is 10.2. The van der Waals surface area contributed by atoms with Gasteiger partial charge in [0.1, 0.15) is 0 Å². The zero-order valence-electron chi connectivity index (χ0n) is 29.6. The first-order valence-electron chi connectivity index (χ1n) is 17.4. The summed E-state index contributed by atoms with van der Waals surface area (Å²) in [6.45, 7) is 33.4. The van der Waals surface area contributed by atoms with Gasteiger partial charge in [-0.05, 0) is 97.8 Å². The number of fused-ring (bicyclic) bond motifs is 7. The molecule has 3 saturated carbocycles. The van der Waals surface area contributed by atoms with Crippen molar-refractivity contribution in [3.8, 4) is 6.07 Å². The third-order valence-electron chi connectivity index (χ3n) is 13.7. The molecule has 0 aromatic carbocycles. The van der Waals surface area contributed by atoms with Gasteiger partial charge in [0.25, 0.3) is 0 Å². The Hall–Kier alpha value is -1.83. The molecule has 3 fully saturated rings. The van der Waals surface area contributed by atoms with Crippen LogP contribution in [0.25, 0.3) is 0 Å². The molecule has 0 spiro atoms.